The van der Waals surface area contributed by atoms with Gasteiger partial charge in [-0.05, 0) is 49.6 Å². The van der Waals surface area contributed by atoms with Crippen LogP contribution < -0.4 is 5.73 Å². The minimum atomic E-state index is -1.54. The van der Waals surface area contributed by atoms with Crippen LogP contribution in [0.2, 0.25) is 10.2 Å². The molecule has 0 aliphatic heterocycles. The summed E-state index contributed by atoms with van der Waals surface area (Å²) in [5.74, 6) is 3.68. The highest BCUT2D eigenvalue weighted by molar-refractivity contribution is 6.30. The third-order valence-electron chi connectivity index (χ3n) is 4.97. The van der Waals surface area contributed by atoms with E-state index < -0.39 is 23.0 Å². The number of aliphatic hydroxyl groups is 1. The average Bonchev–Trinajstić information content (AvgIpc) is 3.02. The highest BCUT2D eigenvalue weighted by Gasteiger charge is 2.50. The average molecular weight is 421 g/mol. The fraction of sp³-hybridized carbons (Fsp3) is 0.300. The smallest absolute Gasteiger partial charge is 0.352 e. The zero-order valence-electron chi connectivity index (χ0n) is 14.8. The summed E-state index contributed by atoms with van der Waals surface area (Å²) < 4.78 is 1.20. The largest absolute Gasteiger partial charge is 0.477 e. The van der Waals surface area contributed by atoms with Gasteiger partial charge >= 0.3 is 5.97 Å². The summed E-state index contributed by atoms with van der Waals surface area (Å²) in [6.07, 6.45) is 0.809. The molecule has 6 nitrogen and oxygen atoms in total. The van der Waals surface area contributed by atoms with Crippen molar-refractivity contribution in [3.05, 3.63) is 57.8 Å². The number of halogens is 2. The number of aromatic carboxylic acids is 1. The molecule has 1 amide bonds. The van der Waals surface area contributed by atoms with Crippen LogP contribution in [-0.4, -0.2) is 32.3 Å². The van der Waals surface area contributed by atoms with Gasteiger partial charge < -0.3 is 20.5 Å². The van der Waals surface area contributed by atoms with E-state index in [1.165, 1.54) is 16.7 Å². The quantitative estimate of drug-likeness (QED) is 0.663. The van der Waals surface area contributed by atoms with Crippen molar-refractivity contribution in [2.45, 2.75) is 36.8 Å². The summed E-state index contributed by atoms with van der Waals surface area (Å²) in [7, 11) is 0. The van der Waals surface area contributed by atoms with Gasteiger partial charge in [0.05, 0.1) is 0 Å². The van der Waals surface area contributed by atoms with Crippen LogP contribution in [0.25, 0.3) is 0 Å². The topological polar surface area (TPSA) is 106 Å². The lowest BCUT2D eigenvalue weighted by Crippen LogP contribution is -2.55. The van der Waals surface area contributed by atoms with Crippen LogP contribution in [0.15, 0.2) is 36.4 Å². The first-order valence-corrected chi connectivity index (χ1v) is 9.35. The molecular formula is C20H18Cl2N2O4. The van der Waals surface area contributed by atoms with Crippen LogP contribution >= 0.6 is 23.2 Å². The molecule has 4 N–H and O–H groups in total. The van der Waals surface area contributed by atoms with Gasteiger partial charge in [-0.25, -0.2) is 4.79 Å². The maximum atomic E-state index is 12.5. The molecule has 1 heterocycles. The number of primary amides is 1. The van der Waals surface area contributed by atoms with Gasteiger partial charge in [-0.1, -0.05) is 41.1 Å². The molecule has 1 aromatic heterocycles. The number of nitrogens with two attached hydrogens (primary N) is 1. The van der Waals surface area contributed by atoms with Gasteiger partial charge in [-0.15, -0.1) is 0 Å². The van der Waals surface area contributed by atoms with Crippen LogP contribution in [0, 0.1) is 11.8 Å². The molecule has 28 heavy (non-hydrogen) atoms. The van der Waals surface area contributed by atoms with Crippen LogP contribution in [0.3, 0.4) is 0 Å². The van der Waals surface area contributed by atoms with Gasteiger partial charge in [0.15, 0.2) is 0 Å². The van der Waals surface area contributed by atoms with E-state index in [1.54, 1.807) is 24.3 Å². The predicted octanol–water partition coefficient (Wildman–Crippen LogP) is 3.03. The Labute approximate surface area is 171 Å². The van der Waals surface area contributed by atoms with Crippen LogP contribution in [0.4, 0.5) is 0 Å². The SMILES string of the molecule is NC(=O)[C@@]1(n2c(Cl)ccc2C(=O)O)CCC[C@](O)(C#Cc2cccc(Cl)c2)C1. The molecule has 1 aliphatic rings. The molecule has 0 spiro atoms. The summed E-state index contributed by atoms with van der Waals surface area (Å²) in [6, 6.07) is 9.55. The molecule has 0 saturated heterocycles. The van der Waals surface area contributed by atoms with Crippen molar-refractivity contribution in [1.29, 1.82) is 0 Å². The number of hydrogen-bond acceptors (Lipinski definition) is 3. The molecule has 0 unspecified atom stereocenters. The van der Waals surface area contributed by atoms with E-state index in [0.29, 0.717) is 23.4 Å². The van der Waals surface area contributed by atoms with Crippen molar-refractivity contribution in [2.75, 3.05) is 0 Å². The predicted molar refractivity (Wildman–Crippen MR) is 105 cm³/mol. The third-order valence-corrected chi connectivity index (χ3v) is 5.50. The number of nitrogens with zero attached hydrogens (tertiary/aromatic N) is 1. The summed E-state index contributed by atoms with van der Waals surface area (Å²) in [5, 5.41) is 21.1. The summed E-state index contributed by atoms with van der Waals surface area (Å²) in [4.78, 5) is 24.1. The first kappa shape index (κ1) is 20.3. The van der Waals surface area contributed by atoms with Crippen molar-refractivity contribution in [1.82, 2.24) is 4.57 Å². The van der Waals surface area contributed by atoms with E-state index >= 15 is 0 Å². The molecule has 146 valence electrons. The highest BCUT2D eigenvalue weighted by Crippen LogP contribution is 2.43. The van der Waals surface area contributed by atoms with E-state index in [-0.39, 0.29) is 23.7 Å². The number of hydrogen-bond donors (Lipinski definition) is 3. The Balaban J connectivity index is 2.05. The van der Waals surface area contributed by atoms with Gasteiger partial charge in [0.25, 0.3) is 0 Å². The number of carbonyl (C=O) groups excluding carboxylic acids is 1. The van der Waals surface area contributed by atoms with Crippen molar-refractivity contribution in [3.63, 3.8) is 0 Å². The number of carboxylic acid groups (broad SMARTS) is 1. The van der Waals surface area contributed by atoms with E-state index in [4.69, 9.17) is 28.9 Å². The fourth-order valence-electron chi connectivity index (χ4n) is 3.72. The second kappa shape index (κ2) is 7.51. The number of carbonyl (C=O) groups is 2. The summed E-state index contributed by atoms with van der Waals surface area (Å²) in [5.41, 5.74) is 3.09. The Bertz CT molecular complexity index is 1010. The first-order valence-electron chi connectivity index (χ1n) is 8.59. The van der Waals surface area contributed by atoms with E-state index in [1.807, 2.05) is 0 Å². The van der Waals surface area contributed by atoms with E-state index in [0.717, 1.165) is 0 Å². The Morgan fingerprint density at radius 3 is 2.57 bits per heavy atom. The molecule has 2 aromatic rings. The van der Waals surface area contributed by atoms with E-state index in [9.17, 15) is 19.8 Å². The molecule has 8 heteroatoms. The zero-order chi connectivity index (χ0) is 20.5. The number of amides is 1. The first-order chi connectivity index (χ1) is 13.2. The molecule has 1 fully saturated rings. The number of carboxylic acids is 1. The number of aromatic nitrogens is 1. The fourth-order valence-corrected chi connectivity index (χ4v) is 4.23. The van der Waals surface area contributed by atoms with Crippen LogP contribution in [0.1, 0.15) is 41.7 Å². The van der Waals surface area contributed by atoms with Crippen LogP contribution in [0.5, 0.6) is 0 Å². The lowest BCUT2D eigenvalue weighted by Gasteiger charge is -2.43. The molecule has 3 rings (SSSR count). The van der Waals surface area contributed by atoms with Crippen molar-refractivity contribution in [3.8, 4) is 11.8 Å². The van der Waals surface area contributed by atoms with Gasteiger partial charge in [0, 0.05) is 17.0 Å². The summed E-state index contributed by atoms with van der Waals surface area (Å²) >= 11 is 12.2. The third kappa shape index (κ3) is 3.74. The van der Waals surface area contributed by atoms with Crippen molar-refractivity contribution < 1.29 is 19.8 Å². The normalized spacial score (nSPS) is 24.2. The Morgan fingerprint density at radius 2 is 1.93 bits per heavy atom. The Kier molecular flexibility index (Phi) is 5.44. The molecule has 1 aliphatic carbocycles. The maximum Gasteiger partial charge on any atom is 0.352 e. The lowest BCUT2D eigenvalue weighted by atomic mass is 9.72. The molecule has 1 saturated carbocycles. The van der Waals surface area contributed by atoms with E-state index in [2.05, 4.69) is 11.8 Å². The summed E-state index contributed by atoms with van der Waals surface area (Å²) in [6.45, 7) is 0. The standard InChI is InChI=1S/C20H18Cl2N2O4/c21-14-4-1-3-13(11-14)7-10-19(28)8-2-9-20(12-19,18(23)27)24-15(17(25)26)5-6-16(24)22/h1,3-6,11,28H,2,8-9,12H2,(H2,23,27)(H,25,26)/t19-,20+/m0/s1. The lowest BCUT2D eigenvalue weighted by molar-refractivity contribution is -0.132. The highest BCUT2D eigenvalue weighted by atomic mass is 35.5. The Hall–Kier alpha value is -2.46. The number of benzene rings is 1. The molecule has 0 bridgehead atoms. The second-order valence-corrected chi connectivity index (χ2v) is 7.72. The minimum Gasteiger partial charge on any atom is -0.477 e. The van der Waals surface area contributed by atoms with Gasteiger partial charge in [0.1, 0.15) is 22.0 Å². The molecule has 0 radical (unpaired) electrons. The van der Waals surface area contributed by atoms with Gasteiger partial charge in [0.2, 0.25) is 5.91 Å². The van der Waals surface area contributed by atoms with Crippen molar-refractivity contribution in [2.24, 2.45) is 5.73 Å². The molecule has 1 aromatic carbocycles. The van der Waals surface area contributed by atoms with Gasteiger partial charge in [-0.2, -0.15) is 0 Å². The molecule has 2 atom stereocenters. The number of rotatable bonds is 3. The minimum absolute atomic E-state index is 0.0586. The van der Waals surface area contributed by atoms with Crippen molar-refractivity contribution >= 4 is 35.1 Å². The zero-order valence-corrected chi connectivity index (χ0v) is 16.3. The Morgan fingerprint density at radius 1 is 1.18 bits per heavy atom. The maximum absolute atomic E-state index is 12.5. The molecular weight excluding hydrogens is 403 g/mol. The monoisotopic (exact) mass is 420 g/mol. The van der Waals surface area contributed by atoms with Gasteiger partial charge in [-0.3, -0.25) is 4.79 Å². The van der Waals surface area contributed by atoms with Crippen LogP contribution in [-0.2, 0) is 10.3 Å². The second-order valence-electron chi connectivity index (χ2n) is 6.90.